The molecule has 13 heteroatoms. The summed E-state index contributed by atoms with van der Waals surface area (Å²) in [5.74, 6) is 0.569. The van der Waals surface area contributed by atoms with Gasteiger partial charge in [-0.1, -0.05) is 34.8 Å². The van der Waals surface area contributed by atoms with E-state index in [4.69, 9.17) is 45.6 Å². The van der Waals surface area contributed by atoms with Crippen molar-refractivity contribution in [3.05, 3.63) is 52.4 Å². The Morgan fingerprint density at radius 1 is 0.743 bits per heavy atom. The van der Waals surface area contributed by atoms with Crippen molar-refractivity contribution in [2.45, 2.75) is 38.9 Å². The van der Waals surface area contributed by atoms with Gasteiger partial charge in [-0.05, 0) is 39.8 Å². The van der Waals surface area contributed by atoms with Crippen LogP contribution in [-0.4, -0.2) is 64.9 Å². The lowest BCUT2D eigenvalue weighted by molar-refractivity contribution is 0.0898. The Bertz CT molecular complexity index is 1220. The summed E-state index contributed by atoms with van der Waals surface area (Å²) in [6.45, 7) is 7.47. The average Bonchev–Trinajstić information content (AvgIpc) is 2.81. The van der Waals surface area contributed by atoms with Gasteiger partial charge in [0.2, 0.25) is 0 Å². The van der Waals surface area contributed by atoms with Crippen LogP contribution in [0, 0.1) is 0 Å². The third-order valence-electron chi connectivity index (χ3n) is 4.22. The average molecular weight is 542 g/mol. The van der Waals surface area contributed by atoms with Crippen LogP contribution in [0.25, 0.3) is 21.5 Å². The molecule has 188 valence electrons. The van der Waals surface area contributed by atoms with Gasteiger partial charge in [-0.15, -0.1) is 20.4 Å². The molecule has 0 aliphatic rings. The van der Waals surface area contributed by atoms with Crippen LogP contribution in [0.4, 0.5) is 5.82 Å². The molecule has 4 heterocycles. The summed E-state index contributed by atoms with van der Waals surface area (Å²) < 4.78 is 0. The van der Waals surface area contributed by atoms with Gasteiger partial charge in [0, 0.05) is 59.4 Å². The van der Waals surface area contributed by atoms with Crippen molar-refractivity contribution in [1.29, 1.82) is 0 Å². The molecule has 35 heavy (non-hydrogen) atoms. The lowest BCUT2D eigenvalue weighted by Crippen LogP contribution is -2.29. The lowest BCUT2D eigenvalue weighted by Gasteiger charge is -2.18. The van der Waals surface area contributed by atoms with E-state index < -0.39 is 11.2 Å². The third-order valence-corrected chi connectivity index (χ3v) is 5.05. The molecule has 0 atom stereocenters. The highest BCUT2D eigenvalue weighted by molar-refractivity contribution is 6.38. The molecule has 0 amide bonds. The summed E-state index contributed by atoms with van der Waals surface area (Å²) >= 11 is 17.5. The number of nitrogens with zero attached hydrogens (tertiary/aromatic N) is 6. The summed E-state index contributed by atoms with van der Waals surface area (Å²) in [6.07, 6.45) is 6.56. The number of aromatic nitrogens is 6. The number of halogens is 3. The van der Waals surface area contributed by atoms with Crippen molar-refractivity contribution in [2.75, 3.05) is 18.4 Å². The van der Waals surface area contributed by atoms with Crippen molar-refractivity contribution in [2.24, 2.45) is 5.73 Å². The number of hydrogen-bond acceptors (Lipinski definition) is 10. The Labute approximate surface area is 217 Å². The van der Waals surface area contributed by atoms with E-state index in [1.807, 2.05) is 0 Å². The van der Waals surface area contributed by atoms with Crippen LogP contribution in [0.2, 0.25) is 15.5 Å². The largest absolute Gasteiger partial charge is 0.389 e. The molecule has 10 nitrogen and oxygen atoms in total. The molecular formula is C22H27Cl3N8O2. The molecule has 0 spiro atoms. The minimum Gasteiger partial charge on any atom is -0.389 e. The second-order valence-electron chi connectivity index (χ2n) is 8.65. The van der Waals surface area contributed by atoms with E-state index in [2.05, 4.69) is 35.7 Å². The van der Waals surface area contributed by atoms with E-state index >= 15 is 0 Å². The predicted molar refractivity (Wildman–Crippen MR) is 140 cm³/mol. The fourth-order valence-electron chi connectivity index (χ4n) is 2.33. The smallest absolute Gasteiger partial charge is 0.161 e. The van der Waals surface area contributed by atoms with Crippen molar-refractivity contribution >= 4 is 62.2 Å². The van der Waals surface area contributed by atoms with E-state index in [1.165, 1.54) is 0 Å². The van der Waals surface area contributed by atoms with Crippen LogP contribution in [0.3, 0.4) is 0 Å². The zero-order valence-corrected chi connectivity index (χ0v) is 21.9. The number of nitrogens with one attached hydrogen (secondary N) is 1. The van der Waals surface area contributed by atoms with Crippen LogP contribution >= 0.6 is 34.8 Å². The highest BCUT2D eigenvalue weighted by atomic mass is 35.5. The number of anilines is 1. The maximum atomic E-state index is 9.65. The van der Waals surface area contributed by atoms with Crippen LogP contribution in [0.1, 0.15) is 27.7 Å². The molecule has 0 radical (unpaired) electrons. The van der Waals surface area contributed by atoms with Gasteiger partial charge in [0.25, 0.3) is 0 Å². The Hall–Kier alpha value is -2.47. The SMILES string of the molecule is CC(C)(O)CN.CC(C)(O)CNc1nnc(Cl)c2ccncc12.Clc1nnc(Cl)c2cnccc12. The van der Waals surface area contributed by atoms with Gasteiger partial charge < -0.3 is 21.3 Å². The van der Waals surface area contributed by atoms with Crippen LogP contribution in [0.15, 0.2) is 36.9 Å². The number of hydrogen-bond donors (Lipinski definition) is 4. The molecule has 0 saturated carbocycles. The van der Waals surface area contributed by atoms with Crippen molar-refractivity contribution in [3.8, 4) is 0 Å². The molecule has 0 bridgehead atoms. The zero-order valence-electron chi connectivity index (χ0n) is 19.7. The van der Waals surface area contributed by atoms with Gasteiger partial charge in [0.05, 0.1) is 11.2 Å². The molecule has 5 N–H and O–H groups in total. The molecule has 0 fully saturated rings. The number of rotatable bonds is 4. The van der Waals surface area contributed by atoms with Crippen LogP contribution < -0.4 is 11.1 Å². The molecule has 4 rings (SSSR count). The van der Waals surface area contributed by atoms with Gasteiger partial charge in [-0.2, -0.15) is 0 Å². The monoisotopic (exact) mass is 540 g/mol. The van der Waals surface area contributed by atoms with Crippen molar-refractivity contribution in [3.63, 3.8) is 0 Å². The lowest BCUT2D eigenvalue weighted by atomic mass is 10.1. The summed E-state index contributed by atoms with van der Waals surface area (Å²) in [4.78, 5) is 7.93. The fraction of sp³-hybridized carbons (Fsp3) is 0.364. The summed E-state index contributed by atoms with van der Waals surface area (Å²) in [5, 5.41) is 40.6. The molecule has 4 aromatic rings. The first kappa shape index (κ1) is 28.8. The van der Waals surface area contributed by atoms with Gasteiger partial charge in [0.1, 0.15) is 0 Å². The number of fused-ring (bicyclic) bond motifs is 2. The van der Waals surface area contributed by atoms with E-state index in [0.29, 0.717) is 34.4 Å². The zero-order chi connectivity index (χ0) is 26.2. The van der Waals surface area contributed by atoms with Gasteiger partial charge in [-0.3, -0.25) is 9.97 Å². The second-order valence-corrected chi connectivity index (χ2v) is 9.72. The summed E-state index contributed by atoms with van der Waals surface area (Å²) in [7, 11) is 0. The van der Waals surface area contributed by atoms with Gasteiger partial charge >= 0.3 is 0 Å². The van der Waals surface area contributed by atoms with E-state index in [9.17, 15) is 5.11 Å². The maximum absolute atomic E-state index is 9.65. The third kappa shape index (κ3) is 9.25. The Kier molecular flexibility index (Phi) is 10.3. The molecular weight excluding hydrogens is 515 g/mol. The Morgan fingerprint density at radius 2 is 1.17 bits per heavy atom. The normalized spacial score (nSPS) is 11.4. The Balaban J connectivity index is 0.000000209. The van der Waals surface area contributed by atoms with Gasteiger partial charge in [0.15, 0.2) is 21.3 Å². The first-order valence-corrected chi connectivity index (χ1v) is 11.5. The van der Waals surface area contributed by atoms with Crippen LogP contribution in [0.5, 0.6) is 0 Å². The van der Waals surface area contributed by atoms with Crippen molar-refractivity contribution in [1.82, 2.24) is 30.4 Å². The topological polar surface area (TPSA) is 156 Å². The number of pyridine rings is 2. The molecule has 0 saturated heterocycles. The second kappa shape index (κ2) is 12.5. The predicted octanol–water partition coefficient (Wildman–Crippen LogP) is 3.91. The number of nitrogens with two attached hydrogens (primary N) is 1. The van der Waals surface area contributed by atoms with Crippen LogP contribution in [-0.2, 0) is 0 Å². The first-order chi connectivity index (χ1) is 16.3. The fourth-order valence-corrected chi connectivity index (χ4v) is 2.92. The standard InChI is InChI=1S/C11H13ClN4O.C7H3Cl2N3.C4H11NO/c1-11(2,17)6-14-10-8-5-13-4-3-7(8)9(12)15-16-10;8-6-4-1-2-10-3-5(4)7(9)12-11-6;1-4(2,6)3-5/h3-5,17H,6H2,1-2H3,(H,14,16);1-3H;6H,3,5H2,1-2H3. The molecule has 0 aliphatic heterocycles. The van der Waals surface area contributed by atoms with E-state index in [1.54, 1.807) is 64.6 Å². The highest BCUT2D eigenvalue weighted by Gasteiger charge is 2.14. The molecule has 4 aromatic heterocycles. The quantitative estimate of drug-likeness (QED) is 0.299. The molecule has 0 aliphatic carbocycles. The van der Waals surface area contributed by atoms with Crippen molar-refractivity contribution < 1.29 is 10.2 Å². The maximum Gasteiger partial charge on any atom is 0.161 e. The molecule has 0 unspecified atom stereocenters. The highest BCUT2D eigenvalue weighted by Crippen LogP contribution is 2.25. The minimum absolute atomic E-state index is 0.322. The number of aliphatic hydroxyl groups is 2. The summed E-state index contributed by atoms with van der Waals surface area (Å²) in [5.41, 5.74) is 3.55. The minimum atomic E-state index is -0.824. The first-order valence-electron chi connectivity index (χ1n) is 10.4. The van der Waals surface area contributed by atoms with Gasteiger partial charge in [-0.25, -0.2) is 0 Å². The van der Waals surface area contributed by atoms with E-state index in [-0.39, 0.29) is 0 Å². The Morgan fingerprint density at radius 3 is 1.63 bits per heavy atom. The van der Waals surface area contributed by atoms with E-state index in [0.717, 1.165) is 21.5 Å². The molecule has 0 aromatic carbocycles. The summed E-state index contributed by atoms with van der Waals surface area (Å²) in [6, 6.07) is 3.53.